The zero-order valence-corrected chi connectivity index (χ0v) is 33.8. The third-order valence-corrected chi connectivity index (χ3v) is 19.8. The van der Waals surface area contributed by atoms with Crippen LogP contribution in [0.4, 0.5) is 0 Å². The van der Waals surface area contributed by atoms with E-state index in [1.54, 1.807) is 6.92 Å². The molecule has 0 bridgehead atoms. The molecule has 49 heavy (non-hydrogen) atoms. The normalized spacial score (nSPS) is 19.8. The van der Waals surface area contributed by atoms with Crippen molar-refractivity contribution >= 4 is 38.8 Å². The first-order valence-electron chi connectivity index (χ1n) is 17.4. The number of aliphatic hydroxyl groups is 1. The monoisotopic (exact) mass is 708 g/mol. The van der Waals surface area contributed by atoms with Gasteiger partial charge in [-0.3, -0.25) is 9.59 Å². The number of allylic oxidation sites excluding steroid dienone is 1. The topological polar surface area (TPSA) is 94.6 Å². The van der Waals surface area contributed by atoms with E-state index in [4.69, 9.17) is 18.3 Å². The second-order valence-electron chi connectivity index (χ2n) is 16.2. The molecule has 1 saturated heterocycles. The Labute approximate surface area is 297 Å². The molecule has 0 aromatic heterocycles. The maximum absolute atomic E-state index is 13.4. The van der Waals surface area contributed by atoms with Gasteiger partial charge in [0.15, 0.2) is 8.32 Å². The summed E-state index contributed by atoms with van der Waals surface area (Å²) >= 11 is 0. The molecule has 7 nitrogen and oxygen atoms in total. The van der Waals surface area contributed by atoms with Gasteiger partial charge in [-0.1, -0.05) is 127 Å². The van der Waals surface area contributed by atoms with E-state index in [0.717, 1.165) is 5.57 Å². The number of hydrogen-bond acceptors (Lipinski definition) is 7. The second-order valence-corrected chi connectivity index (χ2v) is 25.3. The third kappa shape index (κ3) is 9.57. The van der Waals surface area contributed by atoms with Gasteiger partial charge in [0.05, 0.1) is 31.8 Å². The van der Waals surface area contributed by atoms with Gasteiger partial charge in [0.1, 0.15) is 18.0 Å². The van der Waals surface area contributed by atoms with Gasteiger partial charge in [-0.25, -0.2) is 0 Å². The van der Waals surface area contributed by atoms with Crippen LogP contribution in [0.1, 0.15) is 68.7 Å². The SMILES string of the molecule is C=C([C@H](O)CC(=O)[C@H](C)/C=C(\C)CO[Si](c1ccccc1)(c1ccccc1)C(C)(C)C)[C@@H]1O[C@H]1[C@H](O[Si](C)(C)C(C)(C)C)[C@@H](C)C(=O)OC. The molecule has 0 saturated carbocycles. The minimum absolute atomic E-state index is 0.0826. The molecule has 9 heteroatoms. The van der Waals surface area contributed by atoms with Crippen LogP contribution in [0.15, 0.2) is 84.5 Å². The number of carbonyl (C=O) groups excluding carboxylic acids is 2. The zero-order valence-electron chi connectivity index (χ0n) is 31.8. The molecule has 1 heterocycles. The number of rotatable bonds is 16. The summed E-state index contributed by atoms with van der Waals surface area (Å²) < 4.78 is 24.7. The highest BCUT2D eigenvalue weighted by molar-refractivity contribution is 6.99. The lowest BCUT2D eigenvalue weighted by Gasteiger charge is -2.43. The van der Waals surface area contributed by atoms with Crippen molar-refractivity contribution in [2.45, 2.75) is 116 Å². The number of hydrogen-bond donors (Lipinski definition) is 1. The summed E-state index contributed by atoms with van der Waals surface area (Å²) in [6.45, 7) is 27.5. The molecule has 0 radical (unpaired) electrons. The Kier molecular flexibility index (Phi) is 13.4. The first-order valence-corrected chi connectivity index (χ1v) is 22.2. The molecule has 0 amide bonds. The van der Waals surface area contributed by atoms with Gasteiger partial charge in [0.2, 0.25) is 0 Å². The summed E-state index contributed by atoms with van der Waals surface area (Å²) in [4.78, 5) is 26.0. The average Bonchev–Trinajstić information content (AvgIpc) is 3.83. The predicted octanol–water partition coefficient (Wildman–Crippen LogP) is 6.99. The number of ketones is 1. The van der Waals surface area contributed by atoms with E-state index < -0.39 is 52.9 Å². The predicted molar refractivity (Wildman–Crippen MR) is 203 cm³/mol. The summed E-state index contributed by atoms with van der Waals surface area (Å²) in [6, 6.07) is 21.0. The van der Waals surface area contributed by atoms with Crippen LogP contribution < -0.4 is 10.4 Å². The van der Waals surface area contributed by atoms with E-state index in [0.29, 0.717) is 12.2 Å². The molecule has 2 aromatic carbocycles. The van der Waals surface area contributed by atoms with Crippen LogP contribution in [-0.2, 0) is 27.9 Å². The summed E-state index contributed by atoms with van der Waals surface area (Å²) in [5, 5.41) is 13.3. The average molecular weight is 709 g/mol. The van der Waals surface area contributed by atoms with Gasteiger partial charge in [-0.15, -0.1) is 0 Å². The molecule has 1 aliphatic rings. The van der Waals surface area contributed by atoms with Crippen molar-refractivity contribution in [3.63, 3.8) is 0 Å². The molecule has 270 valence electrons. The lowest BCUT2D eigenvalue weighted by Crippen LogP contribution is -2.66. The Morgan fingerprint density at radius 1 is 0.939 bits per heavy atom. The zero-order chi connectivity index (χ0) is 36.9. The Morgan fingerprint density at radius 3 is 1.90 bits per heavy atom. The number of esters is 1. The van der Waals surface area contributed by atoms with Crippen molar-refractivity contribution in [3.8, 4) is 0 Å². The van der Waals surface area contributed by atoms with Gasteiger partial charge in [0.25, 0.3) is 8.32 Å². The van der Waals surface area contributed by atoms with E-state index >= 15 is 0 Å². The Hall–Kier alpha value is -2.67. The molecule has 0 aliphatic carbocycles. The molecular formula is C40H60O7Si2. The van der Waals surface area contributed by atoms with Crippen molar-refractivity contribution in [3.05, 3.63) is 84.5 Å². The first-order chi connectivity index (χ1) is 22.7. The van der Waals surface area contributed by atoms with Crippen molar-refractivity contribution in [2.24, 2.45) is 11.8 Å². The molecular weight excluding hydrogens is 649 g/mol. The van der Waals surface area contributed by atoms with Crippen LogP contribution in [0.3, 0.4) is 0 Å². The molecule has 3 rings (SSSR count). The molecule has 1 N–H and O–H groups in total. The van der Waals surface area contributed by atoms with E-state index in [1.807, 2.05) is 32.1 Å². The number of aliphatic hydroxyl groups excluding tert-OH is 1. The fourth-order valence-corrected chi connectivity index (χ4v) is 12.2. The number of ether oxygens (including phenoxy) is 2. The van der Waals surface area contributed by atoms with Crippen LogP contribution in [0, 0.1) is 11.8 Å². The van der Waals surface area contributed by atoms with Gasteiger partial charge in [0, 0.05) is 12.3 Å². The number of carbonyl (C=O) groups is 2. The standard InChI is InChI=1S/C40H60O7Si2/c1-27(26-45-49(40(8,9)10,31-20-16-14-17-21-31)32-22-18-15-19-23-32)24-28(2)33(41)25-34(42)29(3)35-37(46-35)36(30(4)38(43)44-11)47-48(12,13)39(5,6)7/h14-24,28,30,34-37,42H,3,25-26H2,1-2,4-13H3/b27-24+/t28-,30-,34-,35+,36-,37-/m1/s1. The smallest absolute Gasteiger partial charge is 0.311 e. The van der Waals surface area contributed by atoms with Crippen LogP contribution >= 0.6 is 0 Å². The number of methoxy groups -OCH3 is 1. The summed E-state index contributed by atoms with van der Waals surface area (Å²) in [5.41, 5.74) is 1.37. The van der Waals surface area contributed by atoms with Crippen LogP contribution in [0.2, 0.25) is 23.2 Å². The molecule has 0 unspecified atom stereocenters. The molecule has 6 atom stereocenters. The van der Waals surface area contributed by atoms with Gasteiger partial charge >= 0.3 is 5.97 Å². The van der Waals surface area contributed by atoms with E-state index in [1.165, 1.54) is 17.5 Å². The fourth-order valence-electron chi connectivity index (χ4n) is 6.21. The Balaban J connectivity index is 1.71. The molecule has 1 fully saturated rings. The Morgan fingerprint density at radius 2 is 1.45 bits per heavy atom. The van der Waals surface area contributed by atoms with Gasteiger partial charge in [-0.2, -0.15) is 0 Å². The van der Waals surface area contributed by atoms with E-state index in [2.05, 4.69) is 110 Å². The lowest BCUT2D eigenvalue weighted by molar-refractivity contribution is -0.148. The molecule has 1 aliphatic heterocycles. The maximum atomic E-state index is 13.4. The number of benzene rings is 2. The minimum Gasteiger partial charge on any atom is -0.469 e. The number of epoxide rings is 1. The highest BCUT2D eigenvalue weighted by Gasteiger charge is 2.54. The number of Topliss-reactive ketones (excluding diaryl/α,β-unsaturated/α-hetero) is 1. The van der Waals surface area contributed by atoms with Gasteiger partial charge in [-0.05, 0) is 53.0 Å². The summed E-state index contributed by atoms with van der Waals surface area (Å²) in [7, 11) is -3.64. The van der Waals surface area contributed by atoms with Crippen molar-refractivity contribution in [1.82, 2.24) is 0 Å². The molecule has 0 spiro atoms. The fraction of sp³-hybridized carbons (Fsp3) is 0.550. The van der Waals surface area contributed by atoms with Crippen molar-refractivity contribution in [2.75, 3.05) is 13.7 Å². The largest absolute Gasteiger partial charge is 0.469 e. The second kappa shape index (κ2) is 16.1. The lowest BCUT2D eigenvalue weighted by atomic mass is 9.92. The van der Waals surface area contributed by atoms with Crippen LogP contribution in [0.25, 0.3) is 0 Å². The van der Waals surface area contributed by atoms with E-state index in [9.17, 15) is 14.7 Å². The van der Waals surface area contributed by atoms with E-state index in [-0.39, 0.29) is 28.2 Å². The van der Waals surface area contributed by atoms with Crippen molar-refractivity contribution < 1.29 is 33.0 Å². The maximum Gasteiger partial charge on any atom is 0.311 e. The summed E-state index contributed by atoms with van der Waals surface area (Å²) in [6.07, 6.45) is -0.776. The van der Waals surface area contributed by atoms with Gasteiger partial charge < -0.3 is 23.4 Å². The highest BCUT2D eigenvalue weighted by atomic mass is 28.4. The third-order valence-electron chi connectivity index (χ3n) is 10.3. The molecule has 2 aromatic rings. The first kappa shape index (κ1) is 40.8. The highest BCUT2D eigenvalue weighted by Crippen LogP contribution is 2.43. The van der Waals surface area contributed by atoms with Crippen molar-refractivity contribution in [1.29, 1.82) is 0 Å². The van der Waals surface area contributed by atoms with Crippen LogP contribution in [-0.4, -0.2) is 71.6 Å². The minimum atomic E-state index is -2.72. The summed E-state index contributed by atoms with van der Waals surface area (Å²) in [5.74, 6) is -1.49. The van der Waals surface area contributed by atoms with Crippen LogP contribution in [0.5, 0.6) is 0 Å². The Bertz CT molecular complexity index is 1420. The quantitative estimate of drug-likeness (QED) is 0.0870.